The molecule has 0 aromatic heterocycles. The lowest BCUT2D eigenvalue weighted by molar-refractivity contribution is -0.153. The smallest absolute Gasteiger partial charge is 0.306 e. The number of rotatable bonds is 13. The number of nitrogens with zero attached hydrogens (tertiary/aromatic N) is 3. The first kappa shape index (κ1) is 31.4. The number of benzene rings is 1. The van der Waals surface area contributed by atoms with E-state index in [1.165, 1.54) is 43.4 Å². The first-order valence-corrected chi connectivity index (χ1v) is 16.1. The number of carbonyl (C=O) groups is 3. The first-order chi connectivity index (χ1) is 20.5. The van der Waals surface area contributed by atoms with Crippen LogP contribution in [-0.4, -0.2) is 66.2 Å². The monoisotopic (exact) mass is 608 g/mol. The molecule has 4 aliphatic carbocycles. The molecule has 9 nitrogen and oxygen atoms in total. The van der Waals surface area contributed by atoms with E-state index in [9.17, 15) is 14.4 Å². The van der Waals surface area contributed by atoms with Crippen LogP contribution in [0.15, 0.2) is 18.2 Å². The predicted octanol–water partition coefficient (Wildman–Crippen LogP) is 5.32. The minimum atomic E-state index is -0.841. The highest BCUT2D eigenvalue weighted by Crippen LogP contribution is 2.61. The molecule has 0 spiro atoms. The Morgan fingerprint density at radius 2 is 1.77 bits per heavy atom. The van der Waals surface area contributed by atoms with Gasteiger partial charge in [0.1, 0.15) is 12.1 Å². The van der Waals surface area contributed by atoms with Gasteiger partial charge in [-0.3, -0.25) is 19.3 Å². The third-order valence-electron chi connectivity index (χ3n) is 9.91. The van der Waals surface area contributed by atoms with Crippen molar-refractivity contribution in [1.82, 2.24) is 10.2 Å². The molecule has 5 aliphatic rings. The summed E-state index contributed by atoms with van der Waals surface area (Å²) in [5.74, 6) is 2.14. The van der Waals surface area contributed by atoms with E-state index in [1.807, 2.05) is 25.7 Å². The molecule has 232 valence electrons. The Hall–Kier alpha value is -3.03. The molecule has 1 N–H and O–H groups in total. The molecule has 43 heavy (non-hydrogen) atoms. The second kappa shape index (κ2) is 12.9. The Morgan fingerprint density at radius 1 is 1.09 bits per heavy atom. The number of nitrogens with one attached hydrogen (secondary N) is 1. The molecule has 6 rings (SSSR count). The van der Waals surface area contributed by atoms with Crippen molar-refractivity contribution in [3.05, 3.63) is 35.2 Å². The van der Waals surface area contributed by atoms with E-state index < -0.39 is 5.54 Å². The Morgan fingerprint density at radius 3 is 2.40 bits per heavy atom. The molecule has 0 atom stereocenters. The fourth-order valence-corrected chi connectivity index (χ4v) is 8.78. The van der Waals surface area contributed by atoms with Crippen LogP contribution in [0.5, 0.6) is 0 Å². The maximum atomic E-state index is 13.3. The summed E-state index contributed by atoms with van der Waals surface area (Å²) in [6.07, 6.45) is 9.07. The standard InChI is InChI=1S/C33H44N4O5S/c1-22-14-26(7-8-27(22)34-4)37-30(40)32(2,3)36(31(37)43)10-5-6-28(38)35-9-11-41-12-13-42-29(39)21-33-18-23-15-24(19-33)17-25(16-23)20-33/h7-8,14,23-25H,5-6,9-13,15-21H2,1-3H3,(H,35,38). The number of hydrogen-bond donors (Lipinski definition) is 1. The van der Waals surface area contributed by atoms with Gasteiger partial charge in [-0.05, 0) is 119 Å². The summed E-state index contributed by atoms with van der Waals surface area (Å²) in [7, 11) is 0. The highest BCUT2D eigenvalue weighted by atomic mass is 32.1. The summed E-state index contributed by atoms with van der Waals surface area (Å²) in [6.45, 7) is 14.5. The van der Waals surface area contributed by atoms with Gasteiger partial charge in [0.05, 0.1) is 26.2 Å². The number of aryl methyl sites for hydroxylation is 1. The third-order valence-corrected chi connectivity index (χ3v) is 10.3. The SMILES string of the molecule is [C-]#[N+]c1ccc(N2C(=O)C(C)(C)N(CCCC(=O)NCCOCCOC(=O)CC34CC5CC(CC(C5)C3)C4)C2=S)cc1C. The molecular weight excluding hydrogens is 564 g/mol. The molecule has 5 fully saturated rings. The van der Waals surface area contributed by atoms with Crippen molar-refractivity contribution < 1.29 is 23.9 Å². The number of carbonyl (C=O) groups excluding carboxylic acids is 3. The van der Waals surface area contributed by atoms with E-state index in [0.29, 0.717) is 62.1 Å². The van der Waals surface area contributed by atoms with Crippen LogP contribution in [0.3, 0.4) is 0 Å². The molecule has 1 aromatic carbocycles. The van der Waals surface area contributed by atoms with Gasteiger partial charge in [0.15, 0.2) is 10.8 Å². The van der Waals surface area contributed by atoms with Crippen LogP contribution < -0.4 is 10.2 Å². The third kappa shape index (κ3) is 6.88. The number of anilines is 1. The molecule has 10 heteroatoms. The topological polar surface area (TPSA) is 92.5 Å². The lowest BCUT2D eigenvalue weighted by atomic mass is 9.49. The van der Waals surface area contributed by atoms with Crippen molar-refractivity contribution in [2.75, 3.05) is 37.8 Å². The largest absolute Gasteiger partial charge is 0.463 e. The Labute approximate surface area is 260 Å². The number of amides is 2. The van der Waals surface area contributed by atoms with Crippen molar-refractivity contribution in [3.8, 4) is 0 Å². The lowest BCUT2D eigenvalue weighted by Crippen LogP contribution is -2.47. The average Bonchev–Trinajstić information content (AvgIpc) is 3.10. The fourth-order valence-electron chi connectivity index (χ4n) is 8.27. The van der Waals surface area contributed by atoms with Gasteiger partial charge < -0.3 is 19.7 Å². The zero-order valence-electron chi connectivity index (χ0n) is 25.7. The molecule has 0 unspecified atom stereocenters. The molecule has 4 saturated carbocycles. The second-order valence-electron chi connectivity index (χ2n) is 13.6. The predicted molar refractivity (Wildman–Crippen MR) is 168 cm³/mol. The maximum Gasteiger partial charge on any atom is 0.306 e. The van der Waals surface area contributed by atoms with Gasteiger partial charge in [-0.1, -0.05) is 6.07 Å². The van der Waals surface area contributed by atoms with Crippen molar-refractivity contribution in [1.29, 1.82) is 0 Å². The van der Waals surface area contributed by atoms with E-state index >= 15 is 0 Å². The van der Waals surface area contributed by atoms with Crippen LogP contribution in [0, 0.1) is 36.7 Å². The van der Waals surface area contributed by atoms with Gasteiger partial charge in [-0.2, -0.15) is 0 Å². The van der Waals surface area contributed by atoms with Crippen molar-refractivity contribution in [3.63, 3.8) is 0 Å². The van der Waals surface area contributed by atoms with E-state index in [1.54, 1.807) is 18.2 Å². The Kier molecular flexibility index (Phi) is 9.43. The highest BCUT2D eigenvalue weighted by Gasteiger charge is 2.52. The lowest BCUT2D eigenvalue weighted by Gasteiger charge is -2.56. The van der Waals surface area contributed by atoms with Gasteiger partial charge in [-0.25, -0.2) is 4.85 Å². The van der Waals surface area contributed by atoms with Gasteiger partial charge in [-0.15, -0.1) is 0 Å². The number of esters is 1. The van der Waals surface area contributed by atoms with Crippen LogP contribution in [0.4, 0.5) is 11.4 Å². The summed E-state index contributed by atoms with van der Waals surface area (Å²) < 4.78 is 11.1. The molecule has 4 bridgehead atoms. The van der Waals surface area contributed by atoms with Crippen molar-refractivity contribution >= 4 is 46.5 Å². The van der Waals surface area contributed by atoms with Crippen molar-refractivity contribution in [2.24, 2.45) is 23.2 Å². The van der Waals surface area contributed by atoms with Crippen LogP contribution >= 0.6 is 12.2 Å². The zero-order valence-corrected chi connectivity index (χ0v) is 26.5. The molecule has 1 aliphatic heterocycles. The Bertz CT molecular complexity index is 1270. The van der Waals surface area contributed by atoms with Gasteiger partial charge in [0.25, 0.3) is 5.91 Å². The molecule has 0 radical (unpaired) electrons. The van der Waals surface area contributed by atoms with E-state index in [2.05, 4.69) is 10.2 Å². The Balaban J connectivity index is 0.952. The number of ether oxygens (including phenoxy) is 2. The highest BCUT2D eigenvalue weighted by molar-refractivity contribution is 7.80. The van der Waals surface area contributed by atoms with E-state index in [0.717, 1.165) is 23.3 Å². The fraction of sp³-hybridized carbons (Fsp3) is 0.667. The summed E-state index contributed by atoms with van der Waals surface area (Å²) >= 11 is 5.68. The zero-order chi connectivity index (χ0) is 30.8. The van der Waals surface area contributed by atoms with E-state index in [-0.39, 0.29) is 29.8 Å². The first-order valence-electron chi connectivity index (χ1n) is 15.7. The molecule has 1 heterocycles. The van der Waals surface area contributed by atoms with Crippen molar-refractivity contribution in [2.45, 2.75) is 84.1 Å². The summed E-state index contributed by atoms with van der Waals surface area (Å²) in [4.78, 5) is 45.1. The molecule has 1 saturated heterocycles. The molecule has 2 amide bonds. The maximum absolute atomic E-state index is 13.3. The minimum Gasteiger partial charge on any atom is -0.463 e. The van der Waals surface area contributed by atoms with Crippen LogP contribution in [0.25, 0.3) is 4.85 Å². The summed E-state index contributed by atoms with van der Waals surface area (Å²) in [5.41, 5.74) is 1.32. The average molecular weight is 609 g/mol. The van der Waals surface area contributed by atoms with Gasteiger partial charge in [0.2, 0.25) is 5.91 Å². The van der Waals surface area contributed by atoms with Gasteiger partial charge >= 0.3 is 5.97 Å². The summed E-state index contributed by atoms with van der Waals surface area (Å²) in [6, 6.07) is 5.25. The molecule has 1 aromatic rings. The number of thiocarbonyl (C=S) groups is 1. The molecular formula is C33H44N4O5S. The van der Waals surface area contributed by atoms with E-state index in [4.69, 9.17) is 28.3 Å². The normalized spacial score (nSPS) is 27.0. The minimum absolute atomic E-state index is 0.0953. The number of hydrogen-bond acceptors (Lipinski definition) is 6. The quantitative estimate of drug-likeness (QED) is 0.140. The second-order valence-corrected chi connectivity index (χ2v) is 14.0. The summed E-state index contributed by atoms with van der Waals surface area (Å²) in [5, 5.41) is 3.26. The van der Waals surface area contributed by atoms with Crippen LogP contribution in [0.1, 0.15) is 77.2 Å². The van der Waals surface area contributed by atoms with Gasteiger partial charge in [0, 0.05) is 25.2 Å². The van der Waals surface area contributed by atoms with Crippen LogP contribution in [0.2, 0.25) is 0 Å². The van der Waals surface area contributed by atoms with Crippen LogP contribution in [-0.2, 0) is 23.9 Å².